The number of hydrogen-bond donors (Lipinski definition) is 1. The lowest BCUT2D eigenvalue weighted by atomic mass is 9.80. The van der Waals surface area contributed by atoms with E-state index in [9.17, 15) is 9.59 Å². The highest BCUT2D eigenvalue weighted by atomic mass is 16.6. The topological polar surface area (TPSA) is 64.6 Å². The minimum atomic E-state index is -0.611. The molecule has 0 heterocycles. The van der Waals surface area contributed by atoms with Crippen LogP contribution in [0.4, 0.5) is 0 Å². The fraction of sp³-hybridized carbons (Fsp3) is 0.524. The van der Waals surface area contributed by atoms with Crippen molar-refractivity contribution in [2.24, 2.45) is 0 Å². The van der Waals surface area contributed by atoms with Crippen molar-refractivity contribution in [3.05, 3.63) is 29.3 Å². The SMILES string of the molecule is C#CCNC(=O)COC(=O)COc1ccc(C(C)(C)C)cc1C(C)(C)C. The fourth-order valence-electron chi connectivity index (χ4n) is 2.23. The molecule has 26 heavy (non-hydrogen) atoms. The quantitative estimate of drug-likeness (QED) is 0.626. The van der Waals surface area contributed by atoms with Gasteiger partial charge in [-0.3, -0.25) is 4.79 Å². The highest BCUT2D eigenvalue weighted by Crippen LogP contribution is 2.35. The number of benzene rings is 1. The van der Waals surface area contributed by atoms with Gasteiger partial charge in [-0.1, -0.05) is 59.6 Å². The Labute approximate surface area is 156 Å². The van der Waals surface area contributed by atoms with Crippen LogP contribution in [-0.2, 0) is 25.2 Å². The molecule has 0 fully saturated rings. The van der Waals surface area contributed by atoms with Gasteiger partial charge in [0.1, 0.15) is 5.75 Å². The molecule has 0 atom stereocenters. The predicted octanol–water partition coefficient (Wildman–Crippen LogP) is 2.95. The molecule has 142 valence electrons. The minimum absolute atomic E-state index is 0.0171. The van der Waals surface area contributed by atoms with Crippen LogP contribution in [0.3, 0.4) is 0 Å². The van der Waals surface area contributed by atoms with Crippen molar-refractivity contribution in [3.63, 3.8) is 0 Å². The fourth-order valence-corrected chi connectivity index (χ4v) is 2.23. The van der Waals surface area contributed by atoms with Crippen LogP contribution in [0.1, 0.15) is 52.7 Å². The van der Waals surface area contributed by atoms with E-state index in [4.69, 9.17) is 15.9 Å². The van der Waals surface area contributed by atoms with Gasteiger partial charge < -0.3 is 14.8 Å². The first-order valence-corrected chi connectivity index (χ1v) is 8.58. The van der Waals surface area contributed by atoms with Crippen LogP contribution in [-0.4, -0.2) is 31.6 Å². The van der Waals surface area contributed by atoms with Crippen LogP contribution in [0.2, 0.25) is 0 Å². The maximum absolute atomic E-state index is 11.8. The summed E-state index contributed by atoms with van der Waals surface area (Å²) in [5.74, 6) is 1.86. The molecule has 0 saturated carbocycles. The summed E-state index contributed by atoms with van der Waals surface area (Å²) in [5.41, 5.74) is 2.09. The number of esters is 1. The zero-order chi connectivity index (χ0) is 20.0. The third kappa shape index (κ3) is 6.79. The van der Waals surface area contributed by atoms with Gasteiger partial charge in [0, 0.05) is 0 Å². The lowest BCUT2D eigenvalue weighted by Gasteiger charge is -2.27. The maximum atomic E-state index is 11.8. The van der Waals surface area contributed by atoms with Crippen molar-refractivity contribution in [1.82, 2.24) is 5.32 Å². The van der Waals surface area contributed by atoms with E-state index >= 15 is 0 Å². The number of hydrogen-bond acceptors (Lipinski definition) is 4. The first-order chi connectivity index (χ1) is 11.9. The molecule has 0 saturated heterocycles. The molecule has 0 spiro atoms. The van der Waals surface area contributed by atoms with Gasteiger partial charge in [-0.2, -0.15) is 0 Å². The van der Waals surface area contributed by atoms with E-state index in [2.05, 4.69) is 58.8 Å². The highest BCUT2D eigenvalue weighted by Gasteiger charge is 2.23. The van der Waals surface area contributed by atoms with Crippen molar-refractivity contribution >= 4 is 11.9 Å². The van der Waals surface area contributed by atoms with Gasteiger partial charge in [0.2, 0.25) is 0 Å². The average Bonchev–Trinajstić information content (AvgIpc) is 2.54. The summed E-state index contributed by atoms with van der Waals surface area (Å²) in [6.07, 6.45) is 5.04. The maximum Gasteiger partial charge on any atom is 0.344 e. The molecule has 5 nitrogen and oxygen atoms in total. The lowest BCUT2D eigenvalue weighted by molar-refractivity contribution is -0.150. The highest BCUT2D eigenvalue weighted by molar-refractivity contribution is 5.81. The molecule has 0 aliphatic carbocycles. The molecule has 1 aromatic rings. The molecule has 1 N–H and O–H groups in total. The Kier molecular flexibility index (Phi) is 7.26. The number of ether oxygens (including phenoxy) is 2. The Morgan fingerprint density at radius 3 is 2.27 bits per heavy atom. The number of rotatable bonds is 6. The molecule has 0 bridgehead atoms. The molecular formula is C21H29NO4. The van der Waals surface area contributed by atoms with Crippen molar-refractivity contribution in [1.29, 1.82) is 0 Å². The Hall–Kier alpha value is -2.48. The van der Waals surface area contributed by atoms with E-state index < -0.39 is 11.9 Å². The third-order valence-corrected chi connectivity index (χ3v) is 3.75. The molecule has 0 unspecified atom stereocenters. The van der Waals surface area contributed by atoms with E-state index in [-0.39, 0.29) is 30.6 Å². The Morgan fingerprint density at radius 2 is 1.73 bits per heavy atom. The second-order valence-corrected chi connectivity index (χ2v) is 8.14. The number of nitrogens with one attached hydrogen (secondary N) is 1. The standard InChI is InChI=1S/C21H29NO4/c1-8-11-22-18(23)13-26-19(24)14-25-17-10-9-15(20(2,3)4)12-16(17)21(5,6)7/h1,9-10,12H,11,13-14H2,2-7H3,(H,22,23). The summed E-state index contributed by atoms with van der Waals surface area (Å²) in [6, 6.07) is 6.01. The molecule has 1 aromatic carbocycles. The van der Waals surface area contributed by atoms with E-state index in [1.54, 1.807) is 0 Å². The van der Waals surface area contributed by atoms with Gasteiger partial charge in [-0.05, 0) is 28.0 Å². The molecule has 5 heteroatoms. The minimum Gasteiger partial charge on any atom is -0.482 e. The third-order valence-electron chi connectivity index (χ3n) is 3.75. The summed E-state index contributed by atoms with van der Waals surface area (Å²) in [5, 5.41) is 2.42. The van der Waals surface area contributed by atoms with Crippen molar-refractivity contribution in [2.75, 3.05) is 19.8 Å². The zero-order valence-corrected chi connectivity index (χ0v) is 16.6. The van der Waals surface area contributed by atoms with Gasteiger partial charge in [-0.15, -0.1) is 6.42 Å². The molecule has 1 amide bonds. The second kappa shape index (κ2) is 8.75. The number of carbonyl (C=O) groups excluding carboxylic acids is 2. The first kappa shape index (κ1) is 21.6. The second-order valence-electron chi connectivity index (χ2n) is 8.14. The summed E-state index contributed by atoms with van der Waals surface area (Å²) in [6.45, 7) is 12.2. The molecule has 0 radical (unpaired) electrons. The summed E-state index contributed by atoms with van der Waals surface area (Å²) in [7, 11) is 0. The first-order valence-electron chi connectivity index (χ1n) is 8.58. The number of terminal acetylenes is 1. The monoisotopic (exact) mass is 359 g/mol. The molecule has 0 aliphatic rings. The smallest absolute Gasteiger partial charge is 0.344 e. The van der Waals surface area contributed by atoms with Gasteiger partial charge in [0.25, 0.3) is 5.91 Å². The predicted molar refractivity (Wildman–Crippen MR) is 102 cm³/mol. The molecule has 0 aliphatic heterocycles. The van der Waals surface area contributed by atoms with Crippen molar-refractivity contribution in [3.8, 4) is 18.1 Å². The van der Waals surface area contributed by atoms with Crippen LogP contribution in [0.25, 0.3) is 0 Å². The number of carbonyl (C=O) groups is 2. The molecule has 1 rings (SSSR count). The normalized spacial score (nSPS) is 11.4. The van der Waals surface area contributed by atoms with Crippen LogP contribution >= 0.6 is 0 Å². The van der Waals surface area contributed by atoms with E-state index in [1.165, 1.54) is 5.56 Å². The van der Waals surface area contributed by atoms with Crippen molar-refractivity contribution < 1.29 is 19.1 Å². The van der Waals surface area contributed by atoms with Crippen LogP contribution in [0.5, 0.6) is 5.75 Å². The van der Waals surface area contributed by atoms with Gasteiger partial charge >= 0.3 is 5.97 Å². The van der Waals surface area contributed by atoms with Gasteiger partial charge in [0.15, 0.2) is 13.2 Å². The Bertz CT molecular complexity index is 687. The Morgan fingerprint density at radius 1 is 1.08 bits per heavy atom. The van der Waals surface area contributed by atoms with Gasteiger partial charge in [0.05, 0.1) is 6.54 Å². The van der Waals surface area contributed by atoms with Crippen LogP contribution in [0.15, 0.2) is 18.2 Å². The van der Waals surface area contributed by atoms with Crippen LogP contribution in [0, 0.1) is 12.3 Å². The van der Waals surface area contributed by atoms with Crippen LogP contribution < -0.4 is 10.1 Å². The summed E-state index contributed by atoms with van der Waals surface area (Å²) >= 11 is 0. The molecule has 0 aromatic heterocycles. The Balaban J connectivity index is 2.76. The van der Waals surface area contributed by atoms with Gasteiger partial charge in [-0.25, -0.2) is 4.79 Å². The van der Waals surface area contributed by atoms with E-state index in [1.807, 2.05) is 12.1 Å². The summed E-state index contributed by atoms with van der Waals surface area (Å²) < 4.78 is 10.5. The van der Waals surface area contributed by atoms with Crippen molar-refractivity contribution in [2.45, 2.75) is 52.4 Å². The lowest BCUT2D eigenvalue weighted by Crippen LogP contribution is -2.30. The zero-order valence-electron chi connectivity index (χ0n) is 16.6. The van der Waals surface area contributed by atoms with E-state index in [0.29, 0.717) is 5.75 Å². The number of amides is 1. The summed E-state index contributed by atoms with van der Waals surface area (Å²) in [4.78, 5) is 23.2. The molecular weight excluding hydrogens is 330 g/mol. The average molecular weight is 359 g/mol. The largest absolute Gasteiger partial charge is 0.482 e. The van der Waals surface area contributed by atoms with E-state index in [0.717, 1.165) is 5.56 Å².